The average Bonchev–Trinajstić information content (AvgIpc) is 3.04. The Labute approximate surface area is 265 Å². The summed E-state index contributed by atoms with van der Waals surface area (Å²) in [5.41, 5.74) is 0.670. The first-order valence-corrected chi connectivity index (χ1v) is 15.7. The third-order valence-electron chi connectivity index (χ3n) is 8.08. The minimum Gasteiger partial charge on any atom is -0.507 e. The van der Waals surface area contributed by atoms with Gasteiger partial charge in [-0.25, -0.2) is 35.2 Å². The molecule has 0 spiro atoms. The summed E-state index contributed by atoms with van der Waals surface area (Å²) in [5, 5.41) is 29.2. The van der Waals surface area contributed by atoms with Crippen molar-refractivity contribution >= 4 is 33.6 Å². The van der Waals surface area contributed by atoms with Gasteiger partial charge in [0, 0.05) is 18.8 Å². The Balaban J connectivity index is 1.80. The maximum absolute atomic E-state index is 14.6. The second kappa shape index (κ2) is 14.0. The summed E-state index contributed by atoms with van der Waals surface area (Å²) in [4.78, 5) is 35.9. The van der Waals surface area contributed by atoms with Gasteiger partial charge in [-0.2, -0.15) is 4.31 Å². The molecule has 0 saturated heterocycles. The quantitative estimate of drug-likeness (QED) is 0.136. The van der Waals surface area contributed by atoms with Crippen LogP contribution in [0.25, 0.3) is 0 Å². The number of hydrogen-bond donors (Lipinski definition) is 3. The van der Waals surface area contributed by atoms with E-state index < -0.39 is 92.2 Å². The lowest BCUT2D eigenvalue weighted by molar-refractivity contribution is -0.140. The molecule has 0 aliphatic heterocycles. The summed E-state index contributed by atoms with van der Waals surface area (Å²) in [7, 11) is -5.26. The van der Waals surface area contributed by atoms with E-state index in [4.69, 9.17) is 0 Å². The highest BCUT2D eigenvalue weighted by molar-refractivity contribution is 7.89. The molecule has 1 atom stereocenters. The summed E-state index contributed by atoms with van der Waals surface area (Å²) >= 11 is 0. The molecule has 0 radical (unpaired) electrons. The lowest BCUT2D eigenvalue weighted by Crippen LogP contribution is -2.50. The number of nitrogens with zero attached hydrogens (tertiary/aromatic N) is 2. The summed E-state index contributed by atoms with van der Waals surface area (Å²) in [5.74, 6) is -18.4. The number of aliphatic carboxylic acids is 1. The third kappa shape index (κ3) is 7.22. The number of carboxylic acid groups (broad SMARTS) is 2. The van der Waals surface area contributed by atoms with Gasteiger partial charge >= 0.3 is 11.9 Å². The molecule has 1 amide bonds. The molecule has 0 bridgehead atoms. The first-order valence-electron chi connectivity index (χ1n) is 14.2. The number of anilines is 1. The standard InChI is InChI=1S/C31H29F5N2O8S/c1-37(47(45,46)29-27(35)25(33)24(32)26(34)28(29)36)21(14-23(40)41)30(42)38(19-11-12-20(31(43)44)22(39)13-19)15-16-7-9-18(10-8-16)17-5-3-2-4-6-17/h7-13,17,21,39H,2-6,14-15H2,1H3,(H,40,41)(H,43,44)/t21-/m1/s1. The molecule has 1 saturated carbocycles. The molecule has 1 fully saturated rings. The van der Waals surface area contributed by atoms with Crippen molar-refractivity contribution in [3.63, 3.8) is 0 Å². The Morgan fingerprint density at radius 1 is 0.851 bits per heavy atom. The highest BCUT2D eigenvalue weighted by Crippen LogP contribution is 2.34. The van der Waals surface area contributed by atoms with Crippen molar-refractivity contribution in [3.05, 3.63) is 88.2 Å². The van der Waals surface area contributed by atoms with Crippen molar-refractivity contribution < 1.29 is 60.1 Å². The number of hydrogen-bond acceptors (Lipinski definition) is 6. The Hall–Kier alpha value is -4.57. The largest absolute Gasteiger partial charge is 0.507 e. The van der Waals surface area contributed by atoms with Crippen LogP contribution in [0.1, 0.15) is 65.9 Å². The van der Waals surface area contributed by atoms with Gasteiger partial charge in [-0.1, -0.05) is 43.5 Å². The monoisotopic (exact) mass is 684 g/mol. The second-order valence-electron chi connectivity index (χ2n) is 11.0. The molecule has 0 heterocycles. The van der Waals surface area contributed by atoms with Crippen LogP contribution in [0, 0.1) is 29.1 Å². The first-order chi connectivity index (χ1) is 22.1. The topological polar surface area (TPSA) is 153 Å². The number of aromatic carboxylic acids is 1. The van der Waals surface area contributed by atoms with Crippen LogP contribution < -0.4 is 4.90 Å². The van der Waals surface area contributed by atoms with Gasteiger partial charge in [0.15, 0.2) is 28.2 Å². The number of rotatable bonds is 11. The molecular weight excluding hydrogens is 655 g/mol. The first kappa shape index (κ1) is 35.3. The van der Waals surface area contributed by atoms with Crippen LogP contribution >= 0.6 is 0 Å². The molecule has 10 nitrogen and oxygen atoms in total. The van der Waals surface area contributed by atoms with Crippen molar-refractivity contribution in [3.8, 4) is 5.75 Å². The van der Waals surface area contributed by atoms with Gasteiger partial charge < -0.3 is 20.2 Å². The van der Waals surface area contributed by atoms with Crippen LogP contribution in [0.2, 0.25) is 0 Å². The SMILES string of the molecule is CN([C@H](CC(=O)O)C(=O)N(Cc1ccc(C2CCCCC2)cc1)c1ccc(C(=O)O)c(O)c1)S(=O)(=O)c1c(F)c(F)c(F)c(F)c1F. The van der Waals surface area contributed by atoms with Gasteiger partial charge in [0.2, 0.25) is 21.7 Å². The van der Waals surface area contributed by atoms with E-state index in [0.29, 0.717) is 18.5 Å². The van der Waals surface area contributed by atoms with E-state index in [1.54, 1.807) is 12.1 Å². The zero-order chi connectivity index (χ0) is 34.8. The predicted octanol–water partition coefficient (Wildman–Crippen LogP) is 5.53. The average molecular weight is 685 g/mol. The fourth-order valence-corrected chi connectivity index (χ4v) is 6.94. The minimum atomic E-state index is -5.79. The maximum atomic E-state index is 14.6. The molecule has 3 N–H and O–H groups in total. The van der Waals surface area contributed by atoms with Crippen molar-refractivity contribution in [2.45, 2.75) is 61.9 Å². The van der Waals surface area contributed by atoms with E-state index in [-0.39, 0.29) is 9.99 Å². The smallest absolute Gasteiger partial charge is 0.339 e. The van der Waals surface area contributed by atoms with Crippen molar-refractivity contribution in [1.82, 2.24) is 4.31 Å². The number of carbonyl (C=O) groups is 3. The number of carbonyl (C=O) groups excluding carboxylic acids is 1. The van der Waals surface area contributed by atoms with Crippen LogP contribution in [-0.2, 0) is 26.2 Å². The Morgan fingerprint density at radius 2 is 1.40 bits per heavy atom. The molecule has 1 aliphatic carbocycles. The molecule has 252 valence electrons. The van der Waals surface area contributed by atoms with Crippen LogP contribution in [0.15, 0.2) is 47.4 Å². The molecule has 0 unspecified atom stereocenters. The van der Waals surface area contributed by atoms with Gasteiger partial charge in [-0.3, -0.25) is 9.59 Å². The predicted molar refractivity (Wildman–Crippen MR) is 156 cm³/mol. The molecular formula is C31H29F5N2O8S. The fraction of sp³-hybridized carbons (Fsp3) is 0.323. The highest BCUT2D eigenvalue weighted by atomic mass is 32.2. The van der Waals surface area contributed by atoms with E-state index in [1.165, 1.54) is 0 Å². The highest BCUT2D eigenvalue weighted by Gasteiger charge is 2.42. The normalized spacial score (nSPS) is 14.6. The van der Waals surface area contributed by atoms with Crippen LogP contribution in [0.5, 0.6) is 5.75 Å². The number of amides is 1. The van der Waals surface area contributed by atoms with Crippen molar-refractivity contribution in [2.75, 3.05) is 11.9 Å². The van der Waals surface area contributed by atoms with Crippen molar-refractivity contribution in [2.24, 2.45) is 0 Å². The van der Waals surface area contributed by atoms with Crippen LogP contribution in [-0.4, -0.2) is 59.0 Å². The summed E-state index contributed by atoms with van der Waals surface area (Å²) in [6.07, 6.45) is 3.90. The zero-order valence-electron chi connectivity index (χ0n) is 24.7. The van der Waals surface area contributed by atoms with E-state index in [1.807, 2.05) is 12.1 Å². The third-order valence-corrected chi connectivity index (χ3v) is 9.97. The lowest BCUT2D eigenvalue weighted by atomic mass is 9.84. The molecule has 3 aromatic rings. The number of benzene rings is 3. The Bertz CT molecular complexity index is 1790. The molecule has 47 heavy (non-hydrogen) atoms. The van der Waals surface area contributed by atoms with Crippen LogP contribution in [0.4, 0.5) is 27.6 Å². The van der Waals surface area contributed by atoms with Gasteiger partial charge in [-0.15, -0.1) is 0 Å². The number of phenols is 1. The molecule has 4 rings (SSSR count). The fourth-order valence-electron chi connectivity index (χ4n) is 5.52. The number of likely N-dealkylation sites (N-methyl/N-ethyl adjacent to an activating group) is 1. The van der Waals surface area contributed by atoms with Gasteiger partial charge in [0.25, 0.3) is 0 Å². The Kier molecular flexibility index (Phi) is 10.5. The van der Waals surface area contributed by atoms with Crippen molar-refractivity contribution in [1.29, 1.82) is 0 Å². The van der Waals surface area contributed by atoms with Gasteiger partial charge in [-0.05, 0) is 42.0 Å². The molecule has 3 aromatic carbocycles. The van der Waals surface area contributed by atoms with Gasteiger partial charge in [0.1, 0.15) is 17.4 Å². The van der Waals surface area contributed by atoms with E-state index in [2.05, 4.69) is 0 Å². The number of carboxylic acids is 2. The second-order valence-corrected chi connectivity index (χ2v) is 13.0. The summed E-state index contributed by atoms with van der Waals surface area (Å²) in [6.45, 7) is -0.401. The maximum Gasteiger partial charge on any atom is 0.339 e. The van der Waals surface area contributed by atoms with E-state index >= 15 is 0 Å². The van der Waals surface area contributed by atoms with E-state index in [0.717, 1.165) is 60.8 Å². The molecule has 0 aromatic heterocycles. The lowest BCUT2D eigenvalue weighted by Gasteiger charge is -2.32. The Morgan fingerprint density at radius 3 is 1.91 bits per heavy atom. The van der Waals surface area contributed by atoms with Crippen LogP contribution in [0.3, 0.4) is 0 Å². The summed E-state index contributed by atoms with van der Waals surface area (Å²) in [6, 6.07) is 7.51. The number of sulfonamides is 1. The molecule has 16 heteroatoms. The van der Waals surface area contributed by atoms with E-state index in [9.17, 15) is 60.1 Å². The zero-order valence-corrected chi connectivity index (χ0v) is 25.5. The summed E-state index contributed by atoms with van der Waals surface area (Å²) < 4.78 is 97.3. The van der Waals surface area contributed by atoms with Gasteiger partial charge in [0.05, 0.1) is 13.0 Å². The molecule has 1 aliphatic rings. The number of halogens is 5. The minimum absolute atomic E-state index is 0.119. The number of aromatic hydroxyl groups is 1.